The Bertz CT molecular complexity index is 4030. The number of benzene rings is 3. The normalized spacial score (nSPS) is 14.5. The number of aromatic nitrogens is 14. The number of rotatable bonds is 6. The second-order valence-corrected chi connectivity index (χ2v) is 25.5. The summed E-state index contributed by atoms with van der Waals surface area (Å²) in [5.41, 5.74) is 9.70. The van der Waals surface area contributed by atoms with Crippen molar-refractivity contribution in [1.29, 1.82) is 0 Å². The first kappa shape index (κ1) is 105. The largest absolute Gasteiger partial charge is 0.464 e. The average Bonchev–Trinajstić information content (AvgIpc) is 1.74. The lowest BCUT2D eigenvalue weighted by Crippen LogP contribution is -2.39. The monoisotopic (exact) mass is 1620 g/mol. The Morgan fingerprint density at radius 2 is 1.10 bits per heavy atom. The van der Waals surface area contributed by atoms with Gasteiger partial charge in [-0.3, -0.25) is 47.7 Å². The van der Waals surface area contributed by atoms with Crippen LogP contribution in [0.1, 0.15) is 122 Å². The van der Waals surface area contributed by atoms with E-state index in [1.807, 2.05) is 193 Å². The highest BCUT2D eigenvalue weighted by atomic mass is 79.9. The molecular formula is C82H132BrN21O8. The second-order valence-electron chi connectivity index (χ2n) is 24.7. The van der Waals surface area contributed by atoms with Gasteiger partial charge in [0.2, 0.25) is 0 Å². The van der Waals surface area contributed by atoms with Gasteiger partial charge < -0.3 is 43.4 Å². The van der Waals surface area contributed by atoms with Gasteiger partial charge in [0.1, 0.15) is 35.3 Å². The number of carbonyl (C=O) groups excluding carboxylic acids is 5. The molecule has 1 N–H and O–H groups in total. The minimum Gasteiger partial charge on any atom is -0.464 e. The summed E-state index contributed by atoms with van der Waals surface area (Å²) in [5, 5.41) is 23.6. The van der Waals surface area contributed by atoms with Crippen molar-refractivity contribution in [3.8, 4) is 17.0 Å². The van der Waals surface area contributed by atoms with Crippen molar-refractivity contribution in [3.05, 3.63) is 227 Å². The molecule has 7 aromatic heterocycles. The van der Waals surface area contributed by atoms with E-state index in [1.54, 1.807) is 68.7 Å². The van der Waals surface area contributed by atoms with Gasteiger partial charge in [-0.25, -0.2) is 24.4 Å². The fraction of sp³-hybridized carbons (Fsp3) is 0.439. The van der Waals surface area contributed by atoms with E-state index in [4.69, 9.17) is 9.47 Å². The predicted octanol–water partition coefficient (Wildman–Crippen LogP) is 14.1. The van der Waals surface area contributed by atoms with Crippen LogP contribution in [0.4, 0.5) is 9.59 Å². The van der Waals surface area contributed by atoms with Gasteiger partial charge in [-0.2, -0.15) is 25.5 Å². The fourth-order valence-electron chi connectivity index (χ4n) is 9.50. The number of urea groups is 2. The number of hydrogen-bond donors (Lipinski definition) is 1. The molecule has 3 atom stereocenters. The van der Waals surface area contributed by atoms with Crippen LogP contribution in [0.25, 0.3) is 11.3 Å². The molecule has 4 aliphatic rings. The zero-order valence-corrected chi connectivity index (χ0v) is 67.1. The minimum absolute atomic E-state index is 0. The zero-order valence-electron chi connectivity index (χ0n) is 65.5. The van der Waals surface area contributed by atoms with Gasteiger partial charge >= 0.3 is 18.0 Å². The van der Waals surface area contributed by atoms with E-state index in [2.05, 4.69) is 141 Å². The molecule has 4 aliphatic heterocycles. The van der Waals surface area contributed by atoms with Gasteiger partial charge in [-0.1, -0.05) is 123 Å². The molecule has 29 nitrogen and oxygen atoms in total. The summed E-state index contributed by atoms with van der Waals surface area (Å²) in [7, 11) is 23.4. The maximum absolute atomic E-state index is 11.8. The van der Waals surface area contributed by atoms with Gasteiger partial charge in [-0.15, -0.1) is 0 Å². The van der Waals surface area contributed by atoms with Crippen LogP contribution in [0.3, 0.4) is 0 Å². The average molecular weight is 1620 g/mol. The van der Waals surface area contributed by atoms with Crippen molar-refractivity contribution in [2.45, 2.75) is 125 Å². The lowest BCUT2D eigenvalue weighted by molar-refractivity contribution is -0.134. The molecule has 620 valence electrons. The van der Waals surface area contributed by atoms with Crippen LogP contribution >= 0.6 is 15.9 Å². The fourth-order valence-corrected chi connectivity index (χ4v) is 9.88. The summed E-state index contributed by atoms with van der Waals surface area (Å²) in [6, 6.07) is 36.4. The van der Waals surface area contributed by atoms with Gasteiger partial charge in [0.15, 0.2) is 0 Å². The molecular weight excluding hydrogens is 1490 g/mol. The summed E-state index contributed by atoms with van der Waals surface area (Å²) < 4.78 is 28.9. The smallest absolute Gasteiger partial charge is 0.356 e. The molecule has 6 amide bonds. The number of ether oxygens (including phenoxy) is 3. The van der Waals surface area contributed by atoms with Gasteiger partial charge in [-0.05, 0) is 127 Å². The standard InChI is InChI=1S/C12H14N2O3.C11H14N2.C10H10N2.C6H8N2O2.C6H10N2O2.C6H10N2.C5H7BrN2.3C5H8N2.C5H11NO.6CH4/c1-3-14-11(10(15)13(2)12(14)16)17-9-7-5-4-6-8-9;1-9-8-13(2)11(12-9)10-6-4-3-5-7-10;1-12-8-7-10(11-12)9-5-3-2-4-6-9;1-8-5(3-4-7-8)6(9)10-2;1-4-5(9)8(3)6(10)7(4)2;1-5-4-6(2)8(3)7-5;1-4-5(6)3-8(2)7-4;2*1-5-6-3-4-7(5)2;1-5-3-4-6-7(5)2;1-6-2-4-7-5-3-6;;;;;;/h4-8,11H,3H2,1-2H3;3-8,11-12H,1-2H3;2-8H,1H3;3-4H,1-2H3;4H,1-3H3;4H,1-3H3;3H,1-2H3;3*3-4H,1-2H3;2-5H2,1H3;6*1H4. The molecule has 3 fully saturated rings. The van der Waals surface area contributed by atoms with E-state index in [0.29, 0.717) is 24.2 Å². The van der Waals surface area contributed by atoms with Crippen LogP contribution in [-0.4, -0.2) is 215 Å². The van der Waals surface area contributed by atoms with Crippen molar-refractivity contribution in [3.63, 3.8) is 0 Å². The third-order valence-corrected chi connectivity index (χ3v) is 17.2. The SMILES string of the molecule is C.C.C.C.C.C.CC1=CN(C)C(c2ccccc2)N1.CC1C(=O)N(C)C(=O)N1C.CCN1C(=O)N(C)C(=O)C1Oc1ccccc1.CN1CCOCC1.COC(=O)c1ccnn1C.Cc1cc(C)n(C)n1.Cc1ccnn1C.Cc1nccn1C.Cc1nccn1C.Cc1nn(C)cc1Br.Cn1ccc(-c2ccccc2)n1. The number of esters is 1. The number of nitrogens with one attached hydrogen (secondary N) is 1. The highest BCUT2D eigenvalue weighted by Gasteiger charge is 2.44. The Balaban J connectivity index is -0.00000117. The van der Waals surface area contributed by atoms with Crippen LogP contribution in [-0.2, 0) is 68.4 Å². The molecule has 0 spiro atoms. The number of amides is 6. The van der Waals surface area contributed by atoms with E-state index < -0.39 is 6.23 Å². The number of imidazole rings is 2. The van der Waals surface area contributed by atoms with Crippen molar-refractivity contribution < 1.29 is 38.2 Å². The number of morpholine rings is 1. The molecule has 3 aromatic carbocycles. The Labute approximate surface area is 676 Å². The van der Waals surface area contributed by atoms with Crippen LogP contribution in [0.15, 0.2) is 181 Å². The predicted molar refractivity (Wildman–Crippen MR) is 455 cm³/mol. The van der Waals surface area contributed by atoms with E-state index in [-0.39, 0.29) is 80.4 Å². The highest BCUT2D eigenvalue weighted by Crippen LogP contribution is 2.24. The minimum atomic E-state index is -0.847. The third kappa shape index (κ3) is 34.5. The molecule has 14 rings (SSSR count). The number of carbonyl (C=O) groups is 5. The van der Waals surface area contributed by atoms with Crippen molar-refractivity contribution in [2.75, 3.05) is 75.2 Å². The number of hydrogen-bond acceptors (Lipinski definition) is 18. The lowest BCUT2D eigenvalue weighted by Gasteiger charge is -2.21. The first-order chi connectivity index (χ1) is 50.3. The Hall–Kier alpha value is -11.0. The highest BCUT2D eigenvalue weighted by molar-refractivity contribution is 9.10. The van der Waals surface area contributed by atoms with Crippen LogP contribution in [0.2, 0.25) is 0 Å². The van der Waals surface area contributed by atoms with Crippen molar-refractivity contribution in [2.24, 2.45) is 49.3 Å². The molecule has 3 saturated heterocycles. The van der Waals surface area contributed by atoms with E-state index in [0.717, 1.165) is 74.9 Å². The summed E-state index contributed by atoms with van der Waals surface area (Å²) in [4.78, 5) is 73.7. The molecule has 0 bridgehead atoms. The van der Waals surface area contributed by atoms with Crippen molar-refractivity contribution >= 4 is 45.8 Å². The first-order valence-corrected chi connectivity index (χ1v) is 35.0. The van der Waals surface area contributed by atoms with Gasteiger partial charge in [0, 0.05) is 176 Å². The van der Waals surface area contributed by atoms with Gasteiger partial charge in [0.05, 0.1) is 41.9 Å². The molecule has 112 heavy (non-hydrogen) atoms. The number of halogens is 1. The number of para-hydroxylation sites is 1. The molecule has 0 aliphatic carbocycles. The summed E-state index contributed by atoms with van der Waals surface area (Å²) >= 11 is 3.33. The Morgan fingerprint density at radius 1 is 0.580 bits per heavy atom. The van der Waals surface area contributed by atoms with Crippen LogP contribution in [0, 0.1) is 41.5 Å². The summed E-state index contributed by atoms with van der Waals surface area (Å²) in [6.45, 7) is 22.0. The number of methoxy groups -OCH3 is 1. The third-order valence-electron chi connectivity index (χ3n) is 16.4. The lowest BCUT2D eigenvalue weighted by atomic mass is 10.2. The van der Waals surface area contributed by atoms with Crippen LogP contribution in [0.5, 0.6) is 5.75 Å². The molecule has 3 unspecified atom stereocenters. The molecule has 30 heteroatoms. The topological polar surface area (TPSA) is 269 Å². The van der Waals surface area contributed by atoms with Gasteiger partial charge in [0.25, 0.3) is 18.0 Å². The molecule has 0 saturated carbocycles. The summed E-state index contributed by atoms with van der Waals surface area (Å²) in [6.07, 6.45) is 16.2. The molecule has 10 aromatic rings. The Morgan fingerprint density at radius 3 is 1.39 bits per heavy atom. The second kappa shape index (κ2) is 53.8. The quantitative estimate of drug-likeness (QED) is 0.120. The number of allylic oxidation sites excluding steroid dienone is 1. The molecule has 11 heterocycles. The number of nitrogens with zero attached hydrogens (tertiary/aromatic N) is 20. The van der Waals surface area contributed by atoms with Crippen molar-refractivity contribution in [1.82, 2.24) is 103 Å². The van der Waals surface area contributed by atoms with E-state index in [1.165, 1.54) is 58.3 Å². The summed E-state index contributed by atoms with van der Waals surface area (Å²) in [5.74, 6) is 1.86. The molecule has 0 radical (unpaired) electrons. The van der Waals surface area contributed by atoms with Crippen LogP contribution < -0.4 is 10.1 Å². The maximum atomic E-state index is 11.8. The first-order valence-electron chi connectivity index (χ1n) is 34.2. The van der Waals surface area contributed by atoms with E-state index in [9.17, 15) is 24.0 Å². The Kier molecular flexibility index (Phi) is 50.5. The number of aryl methyl sites for hydroxylation is 13. The van der Waals surface area contributed by atoms with E-state index >= 15 is 0 Å². The number of imide groups is 2. The number of likely N-dealkylation sites (N-methyl/N-ethyl adjacent to an activating group) is 5. The zero-order chi connectivity index (χ0) is 78.7. The maximum Gasteiger partial charge on any atom is 0.356 e.